The molecule has 2 rings (SSSR count). The molecular formula is C15H19FO4. The first-order chi connectivity index (χ1) is 9.70. The Morgan fingerprint density at radius 2 is 2.30 bits per heavy atom. The Hall–Kier alpha value is -1.46. The molecule has 0 aromatic heterocycles. The number of ketones is 1. The second kappa shape index (κ2) is 7.36. The number of carbonyl (C=O) groups excluding carboxylic acids is 1. The number of benzene rings is 1. The zero-order valence-electron chi connectivity index (χ0n) is 11.6. The molecule has 110 valence electrons. The molecule has 1 saturated heterocycles. The molecule has 0 amide bonds. The highest BCUT2D eigenvalue weighted by molar-refractivity contribution is 5.99. The van der Waals surface area contributed by atoms with Gasteiger partial charge < -0.3 is 14.2 Å². The molecule has 0 radical (unpaired) electrons. The average Bonchev–Trinajstić information content (AvgIpc) is 2.48. The molecule has 1 aliphatic heterocycles. The van der Waals surface area contributed by atoms with Crippen LogP contribution >= 0.6 is 0 Å². The first-order valence-electron chi connectivity index (χ1n) is 6.77. The van der Waals surface area contributed by atoms with E-state index in [0.717, 1.165) is 25.9 Å². The number of halogens is 1. The zero-order valence-corrected chi connectivity index (χ0v) is 11.6. The summed E-state index contributed by atoms with van der Waals surface area (Å²) in [6.45, 7) is 1.04. The maximum Gasteiger partial charge on any atom is 0.192 e. The second-order valence-corrected chi connectivity index (χ2v) is 4.77. The lowest BCUT2D eigenvalue weighted by atomic mass is 10.1. The Morgan fingerprint density at radius 1 is 1.45 bits per heavy atom. The Bertz CT molecular complexity index is 455. The van der Waals surface area contributed by atoms with Gasteiger partial charge in [-0.1, -0.05) is 0 Å². The summed E-state index contributed by atoms with van der Waals surface area (Å²) in [5, 5.41) is 0. The van der Waals surface area contributed by atoms with E-state index in [-0.39, 0.29) is 24.1 Å². The molecule has 0 saturated carbocycles. The first kappa shape index (κ1) is 14.9. The summed E-state index contributed by atoms with van der Waals surface area (Å²) >= 11 is 0. The van der Waals surface area contributed by atoms with Crippen LogP contribution in [0.3, 0.4) is 0 Å². The van der Waals surface area contributed by atoms with Gasteiger partial charge >= 0.3 is 0 Å². The summed E-state index contributed by atoms with van der Waals surface area (Å²) < 4.78 is 29.1. The van der Waals surface area contributed by atoms with E-state index in [4.69, 9.17) is 14.2 Å². The van der Waals surface area contributed by atoms with Crippen LogP contribution in [0.25, 0.3) is 0 Å². The van der Waals surface area contributed by atoms with Crippen molar-refractivity contribution in [3.8, 4) is 5.75 Å². The summed E-state index contributed by atoms with van der Waals surface area (Å²) in [5.41, 5.74) is 0.206. The van der Waals surface area contributed by atoms with E-state index in [1.165, 1.54) is 25.3 Å². The van der Waals surface area contributed by atoms with Gasteiger partial charge in [-0.25, -0.2) is 4.39 Å². The van der Waals surface area contributed by atoms with Crippen LogP contribution in [0.5, 0.6) is 5.75 Å². The van der Waals surface area contributed by atoms with Gasteiger partial charge in [0.15, 0.2) is 5.78 Å². The van der Waals surface area contributed by atoms with Crippen molar-refractivity contribution in [2.24, 2.45) is 0 Å². The fraction of sp³-hybridized carbons (Fsp3) is 0.533. The van der Waals surface area contributed by atoms with E-state index in [1.807, 2.05) is 0 Å². The van der Waals surface area contributed by atoms with Crippen molar-refractivity contribution >= 4 is 5.78 Å². The van der Waals surface area contributed by atoms with Crippen LogP contribution in [-0.2, 0) is 9.47 Å². The number of Topliss-reactive ketones (excluding diaryl/α,β-unsaturated/α-hetero) is 1. The highest BCUT2D eigenvalue weighted by Crippen LogP contribution is 2.20. The summed E-state index contributed by atoms with van der Waals surface area (Å²) in [5.74, 6) is -0.407. The van der Waals surface area contributed by atoms with E-state index in [2.05, 4.69) is 0 Å². The van der Waals surface area contributed by atoms with Crippen molar-refractivity contribution in [2.45, 2.75) is 25.4 Å². The van der Waals surface area contributed by atoms with Gasteiger partial charge in [0.1, 0.15) is 18.2 Å². The molecule has 0 aliphatic carbocycles. The van der Waals surface area contributed by atoms with E-state index in [9.17, 15) is 9.18 Å². The van der Waals surface area contributed by atoms with E-state index in [1.54, 1.807) is 0 Å². The molecule has 0 N–H and O–H groups in total. The van der Waals surface area contributed by atoms with Gasteiger partial charge in [-0.15, -0.1) is 0 Å². The van der Waals surface area contributed by atoms with Gasteiger partial charge in [0, 0.05) is 6.61 Å². The van der Waals surface area contributed by atoms with E-state index < -0.39 is 5.82 Å². The summed E-state index contributed by atoms with van der Waals surface area (Å²) in [6.07, 6.45) is 3.22. The fourth-order valence-corrected chi connectivity index (χ4v) is 2.20. The van der Waals surface area contributed by atoms with Gasteiger partial charge in [-0.2, -0.15) is 0 Å². The highest BCUT2D eigenvalue weighted by Gasteiger charge is 2.17. The first-order valence-corrected chi connectivity index (χ1v) is 6.77. The summed E-state index contributed by atoms with van der Waals surface area (Å²) in [7, 11) is 1.45. The smallest absolute Gasteiger partial charge is 0.192 e. The standard InChI is InChI=1S/C15H19FO4/c1-18-15-6-5-11(16)8-13(15)14(17)10-19-9-12-4-2-3-7-20-12/h5-6,8,12H,2-4,7,9-10H2,1H3. The van der Waals surface area contributed by atoms with Crippen molar-refractivity contribution in [2.75, 3.05) is 26.9 Å². The predicted octanol–water partition coefficient (Wildman–Crippen LogP) is 2.60. The van der Waals surface area contributed by atoms with Gasteiger partial charge in [-0.3, -0.25) is 4.79 Å². The Kier molecular flexibility index (Phi) is 5.49. The van der Waals surface area contributed by atoms with Gasteiger partial charge in [0.2, 0.25) is 0 Å². The van der Waals surface area contributed by atoms with Crippen LogP contribution in [0.2, 0.25) is 0 Å². The van der Waals surface area contributed by atoms with Crippen molar-refractivity contribution < 1.29 is 23.4 Å². The van der Waals surface area contributed by atoms with Crippen LogP contribution in [-0.4, -0.2) is 38.8 Å². The third-order valence-corrected chi connectivity index (χ3v) is 3.27. The average molecular weight is 282 g/mol. The molecular weight excluding hydrogens is 263 g/mol. The van der Waals surface area contributed by atoms with Crippen molar-refractivity contribution in [3.05, 3.63) is 29.6 Å². The third-order valence-electron chi connectivity index (χ3n) is 3.27. The number of hydrogen-bond donors (Lipinski definition) is 0. The van der Waals surface area contributed by atoms with Gasteiger partial charge in [0.05, 0.1) is 25.4 Å². The maximum absolute atomic E-state index is 13.2. The Morgan fingerprint density at radius 3 is 3.00 bits per heavy atom. The lowest BCUT2D eigenvalue weighted by Gasteiger charge is -2.22. The molecule has 1 fully saturated rings. The molecule has 1 aromatic carbocycles. The minimum Gasteiger partial charge on any atom is -0.496 e. The minimum atomic E-state index is -0.468. The predicted molar refractivity (Wildman–Crippen MR) is 71.7 cm³/mol. The maximum atomic E-state index is 13.2. The molecule has 1 aromatic rings. The molecule has 1 aliphatic rings. The monoisotopic (exact) mass is 282 g/mol. The molecule has 1 heterocycles. The third kappa shape index (κ3) is 4.02. The van der Waals surface area contributed by atoms with Crippen LogP contribution in [0, 0.1) is 5.82 Å². The van der Waals surface area contributed by atoms with Crippen LogP contribution in [0.4, 0.5) is 4.39 Å². The Labute approximate surface area is 117 Å². The van der Waals surface area contributed by atoms with E-state index in [0.29, 0.717) is 12.4 Å². The number of carbonyl (C=O) groups is 1. The van der Waals surface area contributed by atoms with Crippen LogP contribution < -0.4 is 4.74 Å². The zero-order chi connectivity index (χ0) is 14.4. The quantitative estimate of drug-likeness (QED) is 0.752. The molecule has 1 atom stereocenters. The second-order valence-electron chi connectivity index (χ2n) is 4.77. The summed E-state index contributed by atoms with van der Waals surface area (Å²) in [4.78, 5) is 12.0. The lowest BCUT2D eigenvalue weighted by molar-refractivity contribution is -0.0370. The minimum absolute atomic E-state index is 0.0611. The Balaban J connectivity index is 1.86. The topological polar surface area (TPSA) is 44.8 Å². The molecule has 4 nitrogen and oxygen atoms in total. The van der Waals surface area contributed by atoms with Gasteiger partial charge in [0.25, 0.3) is 0 Å². The molecule has 1 unspecified atom stereocenters. The number of rotatable bonds is 6. The lowest BCUT2D eigenvalue weighted by Crippen LogP contribution is -2.25. The fourth-order valence-electron chi connectivity index (χ4n) is 2.20. The van der Waals surface area contributed by atoms with Crippen LogP contribution in [0.15, 0.2) is 18.2 Å². The van der Waals surface area contributed by atoms with E-state index >= 15 is 0 Å². The number of ether oxygens (including phenoxy) is 3. The van der Waals surface area contributed by atoms with Gasteiger partial charge in [-0.05, 0) is 37.5 Å². The molecule has 0 spiro atoms. The van der Waals surface area contributed by atoms with Crippen molar-refractivity contribution in [3.63, 3.8) is 0 Å². The summed E-state index contributed by atoms with van der Waals surface area (Å²) in [6, 6.07) is 3.86. The molecule has 5 heteroatoms. The van der Waals surface area contributed by atoms with Crippen LogP contribution in [0.1, 0.15) is 29.6 Å². The number of hydrogen-bond acceptors (Lipinski definition) is 4. The van der Waals surface area contributed by atoms with Crippen molar-refractivity contribution in [1.82, 2.24) is 0 Å². The molecule has 0 bridgehead atoms. The number of methoxy groups -OCH3 is 1. The molecule has 20 heavy (non-hydrogen) atoms. The SMILES string of the molecule is COc1ccc(F)cc1C(=O)COCC1CCCCO1. The van der Waals surface area contributed by atoms with Crippen molar-refractivity contribution in [1.29, 1.82) is 0 Å². The normalized spacial score (nSPS) is 18.8. The highest BCUT2D eigenvalue weighted by atomic mass is 19.1. The largest absolute Gasteiger partial charge is 0.496 e.